The lowest BCUT2D eigenvalue weighted by Gasteiger charge is -2.18. The zero-order chi connectivity index (χ0) is 21.1. The summed E-state index contributed by atoms with van der Waals surface area (Å²) in [6.45, 7) is 1.90. The molecule has 0 atom stereocenters. The topological polar surface area (TPSA) is 59.4 Å². The first-order valence-electron chi connectivity index (χ1n) is 10.4. The number of nitrogens with zero attached hydrogens (tertiary/aromatic N) is 2. The van der Waals surface area contributed by atoms with Crippen LogP contribution in [0.15, 0.2) is 58.3 Å². The predicted molar refractivity (Wildman–Crippen MR) is 117 cm³/mol. The molecule has 156 valence electrons. The van der Waals surface area contributed by atoms with Crippen molar-refractivity contribution in [3.8, 4) is 22.7 Å². The van der Waals surface area contributed by atoms with E-state index in [9.17, 15) is 9.18 Å². The molecule has 0 aliphatic heterocycles. The molecule has 1 aliphatic carbocycles. The van der Waals surface area contributed by atoms with Crippen LogP contribution in [0.25, 0.3) is 16.9 Å². The summed E-state index contributed by atoms with van der Waals surface area (Å²) < 4.78 is 20.1. The fourth-order valence-corrected chi connectivity index (χ4v) is 4.06. The summed E-state index contributed by atoms with van der Waals surface area (Å²) in [5.74, 6) is 0.400. The minimum atomic E-state index is -0.344. The first-order chi connectivity index (χ1) is 14.6. The Hall–Kier alpha value is -3.15. The van der Waals surface area contributed by atoms with E-state index in [4.69, 9.17) is 9.73 Å². The van der Waals surface area contributed by atoms with E-state index in [0.717, 1.165) is 29.9 Å². The Labute approximate surface area is 175 Å². The molecule has 0 amide bonds. The minimum Gasteiger partial charge on any atom is -0.497 e. The number of H-pyrrole nitrogens is 1. The third kappa shape index (κ3) is 4.08. The molecule has 1 fully saturated rings. The van der Waals surface area contributed by atoms with Crippen LogP contribution in [0.1, 0.15) is 44.6 Å². The van der Waals surface area contributed by atoms with Gasteiger partial charge in [-0.25, -0.2) is 9.07 Å². The van der Waals surface area contributed by atoms with Gasteiger partial charge in [-0.2, -0.15) is 0 Å². The van der Waals surface area contributed by atoms with E-state index in [2.05, 4.69) is 5.10 Å². The monoisotopic (exact) mass is 407 g/mol. The second-order valence-electron chi connectivity index (χ2n) is 7.71. The average molecular weight is 407 g/mol. The molecule has 0 unspecified atom stereocenters. The molecule has 0 bridgehead atoms. The van der Waals surface area contributed by atoms with Crippen molar-refractivity contribution in [2.45, 2.75) is 45.1 Å². The summed E-state index contributed by atoms with van der Waals surface area (Å²) in [5.41, 5.74) is 3.23. The maximum atomic E-state index is 13.4. The normalized spacial score (nSPS) is 15.4. The maximum Gasteiger partial charge on any atom is 0.280 e. The summed E-state index contributed by atoms with van der Waals surface area (Å²) in [6.07, 6.45) is 5.74. The molecule has 30 heavy (non-hydrogen) atoms. The fraction of sp³-hybridized carbons (Fsp3) is 0.333. The molecule has 3 aromatic rings. The zero-order valence-corrected chi connectivity index (χ0v) is 17.3. The lowest BCUT2D eigenvalue weighted by Crippen LogP contribution is -2.21. The molecule has 1 N–H and O–H groups in total. The first-order valence-corrected chi connectivity index (χ1v) is 10.4. The van der Waals surface area contributed by atoms with E-state index in [1.54, 1.807) is 19.2 Å². The predicted octanol–water partition coefficient (Wildman–Crippen LogP) is 5.12. The maximum absolute atomic E-state index is 13.4. The summed E-state index contributed by atoms with van der Waals surface area (Å²) in [5, 5.41) is 3.22. The van der Waals surface area contributed by atoms with Gasteiger partial charge < -0.3 is 4.74 Å². The summed E-state index contributed by atoms with van der Waals surface area (Å²) >= 11 is 0. The van der Waals surface area contributed by atoms with Crippen LogP contribution in [-0.2, 0) is 0 Å². The number of hydrogen-bond acceptors (Lipinski definition) is 3. The highest BCUT2D eigenvalue weighted by molar-refractivity contribution is 6.03. The highest BCUT2D eigenvalue weighted by atomic mass is 19.1. The van der Waals surface area contributed by atoms with Gasteiger partial charge in [0.1, 0.15) is 11.6 Å². The number of nitrogens with one attached hydrogen (secondary N) is 1. The second-order valence-corrected chi connectivity index (χ2v) is 7.71. The lowest BCUT2D eigenvalue weighted by molar-refractivity contribution is 0.415. The number of aromatic nitrogens is 2. The summed E-state index contributed by atoms with van der Waals surface area (Å²) in [6, 6.07) is 13.7. The van der Waals surface area contributed by atoms with Crippen molar-refractivity contribution in [1.82, 2.24) is 9.78 Å². The fourth-order valence-electron chi connectivity index (χ4n) is 4.06. The molecule has 1 saturated carbocycles. The van der Waals surface area contributed by atoms with Gasteiger partial charge >= 0.3 is 0 Å². The molecule has 2 aromatic carbocycles. The molecule has 4 rings (SSSR count). The van der Waals surface area contributed by atoms with E-state index in [1.807, 2.05) is 31.2 Å². The minimum absolute atomic E-state index is 0.190. The number of hydrogen-bond donors (Lipinski definition) is 1. The van der Waals surface area contributed by atoms with Gasteiger partial charge in [0.05, 0.1) is 30.1 Å². The van der Waals surface area contributed by atoms with Crippen LogP contribution in [-0.4, -0.2) is 28.6 Å². The number of ether oxygens (including phenoxy) is 1. The van der Waals surface area contributed by atoms with Crippen LogP contribution in [0.2, 0.25) is 0 Å². The first kappa shape index (κ1) is 20.1. The molecule has 6 heteroatoms. The molecule has 0 spiro atoms. The largest absolute Gasteiger partial charge is 0.497 e. The van der Waals surface area contributed by atoms with Crippen LogP contribution >= 0.6 is 0 Å². The van der Waals surface area contributed by atoms with Crippen molar-refractivity contribution in [3.05, 3.63) is 70.3 Å². The molecule has 1 heterocycles. The van der Waals surface area contributed by atoms with E-state index < -0.39 is 0 Å². The van der Waals surface area contributed by atoms with Crippen LogP contribution in [0.5, 0.6) is 5.75 Å². The number of rotatable bonds is 5. The van der Waals surface area contributed by atoms with E-state index in [0.29, 0.717) is 16.9 Å². The van der Waals surface area contributed by atoms with E-state index in [1.165, 1.54) is 36.1 Å². The quantitative estimate of drug-likeness (QED) is 0.597. The highest BCUT2D eigenvalue weighted by Crippen LogP contribution is 2.26. The Balaban J connectivity index is 1.83. The molecular weight excluding hydrogens is 381 g/mol. The van der Waals surface area contributed by atoms with Gasteiger partial charge in [0, 0.05) is 11.3 Å². The second kappa shape index (κ2) is 8.69. The van der Waals surface area contributed by atoms with Crippen LogP contribution in [0, 0.1) is 5.82 Å². The van der Waals surface area contributed by atoms with Gasteiger partial charge in [0.15, 0.2) is 0 Å². The Bertz CT molecular complexity index is 1090. The Morgan fingerprint density at radius 1 is 1.07 bits per heavy atom. The molecule has 0 saturated heterocycles. The van der Waals surface area contributed by atoms with Gasteiger partial charge in [0.2, 0.25) is 0 Å². The number of aliphatic imine (C=N–C) groups is 1. The van der Waals surface area contributed by atoms with Crippen molar-refractivity contribution < 1.29 is 9.13 Å². The van der Waals surface area contributed by atoms with Crippen molar-refractivity contribution in [2.75, 3.05) is 7.11 Å². The molecule has 0 radical (unpaired) electrons. The SMILES string of the molecule is COc1ccc(-c2[nH]n(-c3ccc(F)cc3)c(=O)c2C(C)=NC2CCCCC2)cc1. The van der Waals surface area contributed by atoms with Gasteiger partial charge in [-0.1, -0.05) is 19.3 Å². The third-order valence-corrected chi connectivity index (χ3v) is 5.67. The number of halogens is 1. The lowest BCUT2D eigenvalue weighted by atomic mass is 9.95. The Morgan fingerprint density at radius 3 is 2.37 bits per heavy atom. The third-order valence-electron chi connectivity index (χ3n) is 5.67. The van der Waals surface area contributed by atoms with Crippen molar-refractivity contribution in [3.63, 3.8) is 0 Å². The van der Waals surface area contributed by atoms with E-state index in [-0.39, 0.29) is 17.4 Å². The summed E-state index contributed by atoms with van der Waals surface area (Å²) in [4.78, 5) is 18.3. The van der Waals surface area contributed by atoms with Gasteiger partial charge in [0.25, 0.3) is 5.56 Å². The molecular formula is C24H26FN3O2. The van der Waals surface area contributed by atoms with Crippen LogP contribution in [0.4, 0.5) is 4.39 Å². The van der Waals surface area contributed by atoms with E-state index >= 15 is 0 Å². The van der Waals surface area contributed by atoms with Gasteiger partial charge in [-0.15, -0.1) is 0 Å². The van der Waals surface area contributed by atoms with Gasteiger partial charge in [-0.05, 0) is 68.3 Å². The standard InChI is InChI=1S/C24H26FN3O2/c1-16(26-19-6-4-3-5-7-19)22-23(17-8-14-21(30-2)15-9-17)27-28(24(22)29)20-12-10-18(25)11-13-20/h8-15,19,27H,3-7H2,1-2H3. The van der Waals surface area contributed by atoms with Crippen molar-refractivity contribution in [1.29, 1.82) is 0 Å². The Kier molecular flexibility index (Phi) is 5.84. The smallest absolute Gasteiger partial charge is 0.280 e. The highest BCUT2D eigenvalue weighted by Gasteiger charge is 2.21. The zero-order valence-electron chi connectivity index (χ0n) is 17.3. The van der Waals surface area contributed by atoms with Crippen molar-refractivity contribution >= 4 is 5.71 Å². The Morgan fingerprint density at radius 2 is 1.73 bits per heavy atom. The number of benzene rings is 2. The number of methoxy groups -OCH3 is 1. The molecule has 5 nitrogen and oxygen atoms in total. The van der Waals surface area contributed by atoms with Crippen LogP contribution < -0.4 is 10.3 Å². The van der Waals surface area contributed by atoms with Crippen LogP contribution in [0.3, 0.4) is 0 Å². The molecule has 1 aromatic heterocycles. The van der Waals surface area contributed by atoms with Gasteiger partial charge in [-0.3, -0.25) is 14.9 Å². The van der Waals surface area contributed by atoms with Crippen molar-refractivity contribution in [2.24, 2.45) is 4.99 Å². The average Bonchev–Trinajstić information content (AvgIpc) is 3.12. The molecule has 1 aliphatic rings. The number of aromatic amines is 1. The summed E-state index contributed by atoms with van der Waals surface area (Å²) in [7, 11) is 1.62.